The minimum absolute atomic E-state index is 0.0161. The van der Waals surface area contributed by atoms with E-state index in [1.807, 2.05) is 27.7 Å². The van der Waals surface area contributed by atoms with Crippen LogP contribution in [0.1, 0.15) is 137 Å². The molecule has 0 aliphatic heterocycles. The van der Waals surface area contributed by atoms with Crippen LogP contribution in [0, 0.1) is 17.3 Å². The van der Waals surface area contributed by atoms with Crippen LogP contribution in [0.3, 0.4) is 0 Å². The van der Waals surface area contributed by atoms with Crippen LogP contribution >= 0.6 is 0 Å². The first-order chi connectivity index (χ1) is 14.4. The zero-order valence-electron chi connectivity index (χ0n) is 20.9. The lowest BCUT2D eigenvalue weighted by molar-refractivity contribution is -0.129. The summed E-state index contributed by atoms with van der Waals surface area (Å²) in [5.41, 5.74) is -0.914. The topological polar surface area (TPSA) is 34.1 Å². The molecular formula is C28H51O2. The Hall–Kier alpha value is -0.920. The third kappa shape index (κ3) is 12.1. The minimum Gasteiger partial charge on any atom is -0.299 e. The van der Waals surface area contributed by atoms with E-state index in [0.717, 1.165) is 12.8 Å². The molecule has 0 aliphatic rings. The molecule has 30 heavy (non-hydrogen) atoms. The van der Waals surface area contributed by atoms with E-state index < -0.39 is 5.41 Å². The minimum atomic E-state index is -0.914. The molecule has 175 valence electrons. The molecule has 0 N–H and O–H groups in total. The van der Waals surface area contributed by atoms with Crippen LogP contribution in [0.5, 0.6) is 0 Å². The second kappa shape index (κ2) is 18.8. The Morgan fingerprint density at radius 3 is 1.50 bits per heavy atom. The molecule has 0 saturated carbocycles. The normalized spacial score (nSPS) is 12.4. The van der Waals surface area contributed by atoms with Gasteiger partial charge in [0.1, 0.15) is 5.78 Å². The molecule has 0 aromatic carbocycles. The van der Waals surface area contributed by atoms with E-state index in [1.165, 1.54) is 83.5 Å². The second-order valence-corrected chi connectivity index (χ2v) is 9.75. The van der Waals surface area contributed by atoms with E-state index in [9.17, 15) is 9.59 Å². The van der Waals surface area contributed by atoms with Crippen molar-refractivity contribution in [1.82, 2.24) is 0 Å². The van der Waals surface area contributed by atoms with Gasteiger partial charge in [0.15, 0.2) is 0 Å². The van der Waals surface area contributed by atoms with Crippen molar-refractivity contribution in [3.8, 4) is 0 Å². The van der Waals surface area contributed by atoms with E-state index >= 15 is 0 Å². The van der Waals surface area contributed by atoms with Gasteiger partial charge in [-0.2, -0.15) is 0 Å². The fourth-order valence-corrected chi connectivity index (χ4v) is 4.52. The van der Waals surface area contributed by atoms with E-state index in [-0.39, 0.29) is 17.6 Å². The lowest BCUT2D eigenvalue weighted by Crippen LogP contribution is -2.42. The summed E-state index contributed by atoms with van der Waals surface area (Å²) in [7, 11) is 0. The first-order valence-corrected chi connectivity index (χ1v) is 13.0. The molecule has 0 atom stereocenters. The van der Waals surface area contributed by atoms with Crippen molar-refractivity contribution >= 4 is 12.1 Å². The SMILES string of the molecule is CCCCCCCC/C=C\CCCCCCCCCC(=O)C([C]=O)(C(C)C)C(C)C. The standard InChI is InChI=1S/C28H51O2/c1-6-7-8-9-10-11-12-13-14-15-16-17-18-19-20-21-22-23-27(30)28(24-29,25(2)3)26(4)5/h13-14,25-26H,6-12,15-23H2,1-5H3/b14-13-. The average Bonchev–Trinajstić information content (AvgIpc) is 2.70. The van der Waals surface area contributed by atoms with Crippen molar-refractivity contribution in [3.63, 3.8) is 0 Å². The molecule has 0 bridgehead atoms. The third-order valence-corrected chi connectivity index (χ3v) is 6.62. The fraction of sp³-hybridized carbons (Fsp3) is 0.857. The Morgan fingerprint density at radius 1 is 0.700 bits per heavy atom. The molecule has 0 saturated heterocycles. The van der Waals surface area contributed by atoms with Gasteiger partial charge in [0.2, 0.25) is 6.29 Å². The van der Waals surface area contributed by atoms with Crippen LogP contribution in [0.2, 0.25) is 0 Å². The van der Waals surface area contributed by atoms with Crippen LogP contribution in [-0.2, 0) is 9.59 Å². The van der Waals surface area contributed by atoms with Gasteiger partial charge < -0.3 is 0 Å². The summed E-state index contributed by atoms with van der Waals surface area (Å²) in [4.78, 5) is 24.3. The Morgan fingerprint density at radius 2 is 1.10 bits per heavy atom. The highest BCUT2D eigenvalue weighted by atomic mass is 16.1. The number of hydrogen-bond donors (Lipinski definition) is 0. The number of hydrogen-bond acceptors (Lipinski definition) is 2. The Kier molecular flexibility index (Phi) is 18.2. The number of Topliss-reactive ketones (excluding diaryl/α,β-unsaturated/α-hetero) is 1. The van der Waals surface area contributed by atoms with Gasteiger partial charge in [0, 0.05) is 6.42 Å². The van der Waals surface area contributed by atoms with Crippen molar-refractivity contribution in [1.29, 1.82) is 0 Å². The number of rotatable bonds is 21. The molecule has 2 nitrogen and oxygen atoms in total. The van der Waals surface area contributed by atoms with Crippen LogP contribution in [0.25, 0.3) is 0 Å². The van der Waals surface area contributed by atoms with Crippen molar-refractivity contribution in [2.75, 3.05) is 0 Å². The quantitative estimate of drug-likeness (QED) is 0.106. The monoisotopic (exact) mass is 419 g/mol. The maximum absolute atomic E-state index is 12.7. The van der Waals surface area contributed by atoms with E-state index in [2.05, 4.69) is 25.4 Å². The smallest absolute Gasteiger partial charge is 0.213 e. The highest BCUT2D eigenvalue weighted by Crippen LogP contribution is 2.36. The predicted molar refractivity (Wildman–Crippen MR) is 131 cm³/mol. The van der Waals surface area contributed by atoms with Crippen LogP contribution in [0.15, 0.2) is 12.2 Å². The molecule has 0 fully saturated rings. The summed E-state index contributed by atoms with van der Waals surface area (Å²) >= 11 is 0. The van der Waals surface area contributed by atoms with Crippen molar-refractivity contribution < 1.29 is 9.59 Å². The molecule has 0 unspecified atom stereocenters. The highest BCUT2D eigenvalue weighted by molar-refractivity contribution is 5.99. The van der Waals surface area contributed by atoms with Crippen LogP contribution < -0.4 is 0 Å². The third-order valence-electron chi connectivity index (χ3n) is 6.62. The maximum atomic E-state index is 12.7. The first-order valence-electron chi connectivity index (χ1n) is 13.0. The maximum Gasteiger partial charge on any atom is 0.213 e. The highest BCUT2D eigenvalue weighted by Gasteiger charge is 2.44. The Labute approximate surface area is 188 Å². The van der Waals surface area contributed by atoms with Crippen molar-refractivity contribution in [2.45, 2.75) is 137 Å². The number of ketones is 1. The van der Waals surface area contributed by atoms with E-state index in [0.29, 0.717) is 6.42 Å². The summed E-state index contributed by atoms with van der Waals surface area (Å²) in [5, 5.41) is 0. The predicted octanol–water partition coefficient (Wildman–Crippen LogP) is 8.78. The number of unbranched alkanes of at least 4 members (excludes halogenated alkanes) is 13. The van der Waals surface area contributed by atoms with Gasteiger partial charge >= 0.3 is 0 Å². The van der Waals surface area contributed by atoms with Crippen molar-refractivity contribution in [2.24, 2.45) is 17.3 Å². The van der Waals surface area contributed by atoms with Gasteiger partial charge in [0.25, 0.3) is 0 Å². The fourth-order valence-electron chi connectivity index (χ4n) is 4.52. The van der Waals surface area contributed by atoms with Gasteiger partial charge in [-0.05, 0) is 43.9 Å². The summed E-state index contributed by atoms with van der Waals surface area (Å²) in [6.07, 6.45) is 26.5. The molecule has 0 amide bonds. The zero-order chi connectivity index (χ0) is 22.7. The van der Waals surface area contributed by atoms with Crippen molar-refractivity contribution in [3.05, 3.63) is 12.2 Å². The van der Waals surface area contributed by atoms with Crippen LogP contribution in [-0.4, -0.2) is 12.1 Å². The summed E-state index contributed by atoms with van der Waals surface area (Å²) in [6, 6.07) is 0. The van der Waals surface area contributed by atoms with E-state index in [4.69, 9.17) is 0 Å². The zero-order valence-corrected chi connectivity index (χ0v) is 20.9. The lowest BCUT2D eigenvalue weighted by Gasteiger charge is -2.33. The first kappa shape index (κ1) is 29.1. The van der Waals surface area contributed by atoms with E-state index in [1.54, 1.807) is 0 Å². The molecule has 0 heterocycles. The molecule has 0 aliphatic carbocycles. The lowest BCUT2D eigenvalue weighted by atomic mass is 9.66. The largest absolute Gasteiger partial charge is 0.299 e. The average molecular weight is 420 g/mol. The van der Waals surface area contributed by atoms with Gasteiger partial charge in [-0.15, -0.1) is 0 Å². The molecule has 0 rings (SSSR count). The Balaban J connectivity index is 3.63. The Bertz CT molecular complexity index is 440. The number of carbonyl (C=O) groups excluding carboxylic acids is 2. The summed E-state index contributed by atoms with van der Waals surface area (Å²) < 4.78 is 0. The number of carbonyl (C=O) groups is 1. The van der Waals surface area contributed by atoms with Gasteiger partial charge in [-0.1, -0.05) is 111 Å². The summed E-state index contributed by atoms with van der Waals surface area (Å²) in [6.45, 7) is 10.1. The second-order valence-electron chi connectivity index (χ2n) is 9.75. The molecule has 2 heteroatoms. The van der Waals surface area contributed by atoms with Gasteiger partial charge in [-0.3, -0.25) is 9.59 Å². The van der Waals surface area contributed by atoms with Crippen LogP contribution in [0.4, 0.5) is 0 Å². The van der Waals surface area contributed by atoms with Gasteiger partial charge in [-0.25, -0.2) is 0 Å². The van der Waals surface area contributed by atoms with Gasteiger partial charge in [0.05, 0.1) is 5.41 Å². The molecule has 1 radical (unpaired) electrons. The molecule has 0 aromatic rings. The summed E-state index contributed by atoms with van der Waals surface area (Å²) in [5.74, 6) is 0.125. The number of allylic oxidation sites excluding steroid dienone is 2. The molecule has 0 spiro atoms. The molecular weight excluding hydrogens is 368 g/mol. The molecule has 0 aromatic heterocycles.